The Kier molecular flexibility index (Phi) is 7.17. The Bertz CT molecular complexity index is 755. The number of rotatable bonds is 7. The maximum absolute atomic E-state index is 12.8. The van der Waals surface area contributed by atoms with E-state index in [1.54, 1.807) is 0 Å². The second kappa shape index (κ2) is 9.16. The molecule has 2 amide bonds. The summed E-state index contributed by atoms with van der Waals surface area (Å²) in [4.78, 5) is 22.3. The summed E-state index contributed by atoms with van der Waals surface area (Å²) in [6.45, 7) is 4.50. The Hall–Kier alpha value is -2.17. The second-order valence-corrected chi connectivity index (χ2v) is 8.42. The second-order valence-electron chi connectivity index (χ2n) is 6.48. The first-order valence-corrected chi connectivity index (χ1v) is 10.1. The molecule has 0 aliphatic carbocycles. The van der Waals surface area contributed by atoms with Gasteiger partial charge in [-0.05, 0) is 44.5 Å². The van der Waals surface area contributed by atoms with E-state index in [0.29, 0.717) is 25.2 Å². The largest absolute Gasteiger partial charge is 0.481 e. The van der Waals surface area contributed by atoms with Crippen LogP contribution in [0.4, 0.5) is 10.5 Å². The summed E-state index contributed by atoms with van der Waals surface area (Å²) in [6.07, 6.45) is -0.0364. The maximum atomic E-state index is 12.8. The first kappa shape index (κ1) is 21.1. The van der Waals surface area contributed by atoms with Gasteiger partial charge in [-0.15, -0.1) is 0 Å². The van der Waals surface area contributed by atoms with Gasteiger partial charge in [0.1, 0.15) is 0 Å². The number of urea groups is 1. The number of carbonyl (C=O) groups excluding carboxylic acids is 1. The number of nitrogens with zero attached hydrogens (tertiary/aromatic N) is 1. The zero-order chi connectivity index (χ0) is 20.0. The quantitative estimate of drug-likeness (QED) is 0.596. The third-order valence-electron chi connectivity index (χ3n) is 3.99. The molecule has 1 heterocycles. The fourth-order valence-electron chi connectivity index (χ4n) is 2.80. The third kappa shape index (κ3) is 6.19. The molecular formula is C17H25N3O6S. The normalized spacial score (nSPS) is 20.8. The van der Waals surface area contributed by atoms with Gasteiger partial charge >= 0.3 is 12.0 Å². The van der Waals surface area contributed by atoms with E-state index in [2.05, 4.69) is 10.6 Å². The molecule has 0 aromatic heterocycles. The summed E-state index contributed by atoms with van der Waals surface area (Å²) in [6, 6.07) is 5.43. The minimum absolute atomic E-state index is 0.0222. The molecule has 2 rings (SSSR count). The number of sulfonamides is 1. The predicted molar refractivity (Wildman–Crippen MR) is 99.1 cm³/mol. The fourth-order valence-corrected chi connectivity index (χ4v) is 4.39. The van der Waals surface area contributed by atoms with Crippen molar-refractivity contribution in [3.63, 3.8) is 0 Å². The molecular weight excluding hydrogens is 374 g/mol. The molecule has 10 heteroatoms. The van der Waals surface area contributed by atoms with Crippen LogP contribution in [0.25, 0.3) is 0 Å². The SMILES string of the molecule is CC1CN(S(=O)(=O)c2ccc(NC(=O)NCCCC(=O)O)cc2)CC(C)O1. The fraction of sp³-hybridized carbons (Fsp3) is 0.529. The summed E-state index contributed by atoms with van der Waals surface area (Å²) < 4.78 is 32.5. The van der Waals surface area contributed by atoms with Crippen LogP contribution in [0.1, 0.15) is 26.7 Å². The van der Waals surface area contributed by atoms with Gasteiger partial charge in [-0.2, -0.15) is 4.31 Å². The number of hydrogen-bond donors (Lipinski definition) is 3. The Morgan fingerprint density at radius 3 is 2.33 bits per heavy atom. The predicted octanol–water partition coefficient (Wildman–Crippen LogP) is 1.47. The number of carboxylic acid groups (broad SMARTS) is 1. The van der Waals surface area contributed by atoms with Gasteiger partial charge in [-0.3, -0.25) is 4.79 Å². The van der Waals surface area contributed by atoms with Crippen LogP contribution in [0.5, 0.6) is 0 Å². The number of aliphatic carboxylic acids is 1. The minimum atomic E-state index is -3.63. The molecule has 3 N–H and O–H groups in total. The molecule has 27 heavy (non-hydrogen) atoms. The Morgan fingerprint density at radius 2 is 1.78 bits per heavy atom. The van der Waals surface area contributed by atoms with Crippen LogP contribution in [0.2, 0.25) is 0 Å². The monoisotopic (exact) mass is 399 g/mol. The van der Waals surface area contributed by atoms with Crippen LogP contribution >= 0.6 is 0 Å². The zero-order valence-electron chi connectivity index (χ0n) is 15.3. The highest BCUT2D eigenvalue weighted by Crippen LogP contribution is 2.22. The number of carbonyl (C=O) groups is 2. The molecule has 0 bridgehead atoms. The van der Waals surface area contributed by atoms with Gasteiger partial charge in [0.25, 0.3) is 0 Å². The van der Waals surface area contributed by atoms with Crippen molar-refractivity contribution in [3.8, 4) is 0 Å². The maximum Gasteiger partial charge on any atom is 0.319 e. The first-order valence-electron chi connectivity index (χ1n) is 8.71. The molecule has 0 saturated carbocycles. The summed E-state index contributed by atoms with van der Waals surface area (Å²) in [7, 11) is -3.63. The molecule has 1 fully saturated rings. The Labute approximate surface area is 158 Å². The van der Waals surface area contributed by atoms with E-state index in [1.165, 1.54) is 28.6 Å². The molecule has 150 valence electrons. The van der Waals surface area contributed by atoms with Crippen molar-refractivity contribution in [2.75, 3.05) is 25.0 Å². The molecule has 0 spiro atoms. The van der Waals surface area contributed by atoms with E-state index >= 15 is 0 Å². The van der Waals surface area contributed by atoms with Gasteiger partial charge < -0.3 is 20.5 Å². The van der Waals surface area contributed by atoms with E-state index in [4.69, 9.17) is 9.84 Å². The van der Waals surface area contributed by atoms with Crippen LogP contribution < -0.4 is 10.6 Å². The molecule has 2 atom stereocenters. The molecule has 9 nitrogen and oxygen atoms in total. The molecule has 1 aliphatic rings. The van der Waals surface area contributed by atoms with Crippen LogP contribution in [-0.2, 0) is 19.6 Å². The lowest BCUT2D eigenvalue weighted by molar-refractivity contribution is -0.137. The number of carboxylic acids is 1. The van der Waals surface area contributed by atoms with E-state index < -0.39 is 22.0 Å². The topological polar surface area (TPSA) is 125 Å². The van der Waals surface area contributed by atoms with E-state index in [0.717, 1.165) is 0 Å². The molecule has 0 radical (unpaired) electrons. The van der Waals surface area contributed by atoms with Crippen LogP contribution in [-0.4, -0.2) is 61.7 Å². The number of benzene rings is 1. The van der Waals surface area contributed by atoms with Crippen LogP contribution in [0.3, 0.4) is 0 Å². The highest BCUT2D eigenvalue weighted by molar-refractivity contribution is 7.89. The van der Waals surface area contributed by atoms with Crippen molar-refractivity contribution in [2.24, 2.45) is 0 Å². The van der Waals surface area contributed by atoms with Gasteiger partial charge in [0.05, 0.1) is 17.1 Å². The van der Waals surface area contributed by atoms with E-state index in [-0.39, 0.29) is 30.1 Å². The van der Waals surface area contributed by atoms with Crippen molar-refractivity contribution in [1.82, 2.24) is 9.62 Å². The molecule has 1 aliphatic heterocycles. The highest BCUT2D eigenvalue weighted by atomic mass is 32.2. The number of hydrogen-bond acceptors (Lipinski definition) is 5. The van der Waals surface area contributed by atoms with Crippen LogP contribution in [0, 0.1) is 0 Å². The Morgan fingerprint density at radius 1 is 1.19 bits per heavy atom. The van der Waals surface area contributed by atoms with Crippen LogP contribution in [0.15, 0.2) is 29.2 Å². The van der Waals surface area contributed by atoms with Gasteiger partial charge in [0.2, 0.25) is 10.0 Å². The number of anilines is 1. The third-order valence-corrected chi connectivity index (χ3v) is 5.83. The summed E-state index contributed by atoms with van der Waals surface area (Å²) >= 11 is 0. The number of nitrogens with one attached hydrogen (secondary N) is 2. The van der Waals surface area contributed by atoms with Gasteiger partial charge in [-0.1, -0.05) is 0 Å². The van der Waals surface area contributed by atoms with Gasteiger partial charge in [0.15, 0.2) is 0 Å². The molecule has 2 unspecified atom stereocenters. The summed E-state index contributed by atoms with van der Waals surface area (Å²) in [5.41, 5.74) is 0.438. The van der Waals surface area contributed by atoms with E-state index in [9.17, 15) is 18.0 Å². The average Bonchev–Trinajstić information content (AvgIpc) is 2.58. The lowest BCUT2D eigenvalue weighted by Crippen LogP contribution is -2.48. The number of amides is 2. The van der Waals surface area contributed by atoms with Gasteiger partial charge in [-0.25, -0.2) is 13.2 Å². The van der Waals surface area contributed by atoms with Crippen molar-refractivity contribution >= 4 is 27.7 Å². The highest BCUT2D eigenvalue weighted by Gasteiger charge is 2.32. The molecule has 1 saturated heterocycles. The van der Waals surface area contributed by atoms with E-state index in [1.807, 2.05) is 13.8 Å². The smallest absolute Gasteiger partial charge is 0.319 e. The first-order chi connectivity index (χ1) is 12.7. The molecule has 1 aromatic rings. The minimum Gasteiger partial charge on any atom is -0.481 e. The standard InChI is InChI=1S/C17H25N3O6S/c1-12-10-20(11-13(2)26-12)27(24,25)15-7-5-14(6-8-15)19-17(23)18-9-3-4-16(21)22/h5-8,12-13H,3-4,9-11H2,1-2H3,(H,21,22)(H2,18,19,23). The van der Waals surface area contributed by atoms with Crippen molar-refractivity contribution in [3.05, 3.63) is 24.3 Å². The van der Waals surface area contributed by atoms with Crippen molar-refractivity contribution in [1.29, 1.82) is 0 Å². The van der Waals surface area contributed by atoms with Crippen molar-refractivity contribution < 1.29 is 27.9 Å². The van der Waals surface area contributed by atoms with Crippen molar-refractivity contribution in [2.45, 2.75) is 43.8 Å². The zero-order valence-corrected chi connectivity index (χ0v) is 16.2. The number of morpholine rings is 1. The lowest BCUT2D eigenvalue weighted by atomic mass is 10.3. The van der Waals surface area contributed by atoms with Gasteiger partial charge in [0, 0.05) is 31.7 Å². The lowest BCUT2D eigenvalue weighted by Gasteiger charge is -2.34. The summed E-state index contributed by atoms with van der Waals surface area (Å²) in [5, 5.41) is 13.7. The average molecular weight is 399 g/mol. The molecule has 1 aromatic carbocycles. The summed E-state index contributed by atoms with van der Waals surface area (Å²) in [5.74, 6) is -0.918. The number of ether oxygens (including phenoxy) is 1. The Balaban J connectivity index is 1.94.